The van der Waals surface area contributed by atoms with Gasteiger partial charge in [0.25, 0.3) is 0 Å². The standard InChI is InChI=1S/C12H10Cl2N4/c1-8(11-4-2-3-5-15-11)17-18-12-10(14)6-9(13)7-16-12/h2-7H,1H3,(H,16,18). The van der Waals surface area contributed by atoms with Crippen molar-refractivity contribution in [3.63, 3.8) is 0 Å². The first-order chi connectivity index (χ1) is 8.66. The molecule has 0 unspecified atom stereocenters. The first kappa shape index (κ1) is 12.8. The summed E-state index contributed by atoms with van der Waals surface area (Å²) in [7, 11) is 0. The van der Waals surface area contributed by atoms with Crippen LogP contribution in [0.5, 0.6) is 0 Å². The van der Waals surface area contributed by atoms with Crippen molar-refractivity contribution in [2.24, 2.45) is 5.10 Å². The van der Waals surface area contributed by atoms with Crippen molar-refractivity contribution >= 4 is 34.7 Å². The zero-order chi connectivity index (χ0) is 13.0. The summed E-state index contributed by atoms with van der Waals surface area (Å²) in [6.45, 7) is 1.85. The van der Waals surface area contributed by atoms with Crippen molar-refractivity contribution in [2.45, 2.75) is 6.92 Å². The number of aromatic nitrogens is 2. The highest BCUT2D eigenvalue weighted by Crippen LogP contribution is 2.22. The zero-order valence-corrected chi connectivity index (χ0v) is 11.1. The Bertz CT molecular complexity index is 570. The molecule has 0 bridgehead atoms. The molecule has 0 fully saturated rings. The number of hydrogen-bond donors (Lipinski definition) is 1. The molecular weight excluding hydrogens is 271 g/mol. The van der Waals surface area contributed by atoms with E-state index in [2.05, 4.69) is 20.5 Å². The maximum Gasteiger partial charge on any atom is 0.165 e. The lowest BCUT2D eigenvalue weighted by molar-refractivity contribution is 1.20. The molecule has 0 radical (unpaired) electrons. The number of hydrazone groups is 1. The Morgan fingerprint density at radius 2 is 2.11 bits per heavy atom. The fourth-order valence-electron chi connectivity index (χ4n) is 1.27. The van der Waals surface area contributed by atoms with E-state index in [-0.39, 0.29) is 0 Å². The third-order valence-corrected chi connectivity index (χ3v) is 2.67. The number of hydrogen-bond acceptors (Lipinski definition) is 4. The van der Waals surface area contributed by atoms with E-state index < -0.39 is 0 Å². The normalized spacial score (nSPS) is 11.4. The van der Waals surface area contributed by atoms with Crippen LogP contribution in [-0.4, -0.2) is 15.7 Å². The van der Waals surface area contributed by atoms with Gasteiger partial charge in [0.15, 0.2) is 5.82 Å². The highest BCUT2D eigenvalue weighted by Gasteiger charge is 2.02. The molecule has 0 amide bonds. The number of anilines is 1. The van der Waals surface area contributed by atoms with Gasteiger partial charge in [0.2, 0.25) is 0 Å². The van der Waals surface area contributed by atoms with Crippen LogP contribution >= 0.6 is 23.2 Å². The number of pyridine rings is 2. The lowest BCUT2D eigenvalue weighted by Crippen LogP contribution is -2.02. The van der Waals surface area contributed by atoms with Crippen molar-refractivity contribution in [1.29, 1.82) is 0 Å². The maximum atomic E-state index is 5.96. The van der Waals surface area contributed by atoms with Crippen LogP contribution in [-0.2, 0) is 0 Å². The van der Waals surface area contributed by atoms with Gasteiger partial charge in [-0.2, -0.15) is 5.10 Å². The second-order valence-electron chi connectivity index (χ2n) is 3.51. The summed E-state index contributed by atoms with van der Waals surface area (Å²) < 4.78 is 0. The summed E-state index contributed by atoms with van der Waals surface area (Å²) in [5.41, 5.74) is 4.31. The Kier molecular flexibility index (Phi) is 4.12. The monoisotopic (exact) mass is 280 g/mol. The number of nitrogens with one attached hydrogen (secondary N) is 1. The molecular formula is C12H10Cl2N4. The predicted molar refractivity (Wildman–Crippen MR) is 74.3 cm³/mol. The molecule has 2 aromatic heterocycles. The van der Waals surface area contributed by atoms with Crippen LogP contribution in [0.25, 0.3) is 0 Å². The van der Waals surface area contributed by atoms with E-state index in [1.165, 1.54) is 6.20 Å². The van der Waals surface area contributed by atoms with Gasteiger partial charge in [0.05, 0.1) is 21.5 Å². The van der Waals surface area contributed by atoms with Crippen LogP contribution in [0, 0.1) is 0 Å². The average molecular weight is 281 g/mol. The van der Waals surface area contributed by atoms with Crippen LogP contribution in [0.4, 0.5) is 5.82 Å². The molecule has 0 saturated heterocycles. The molecule has 2 rings (SSSR count). The quantitative estimate of drug-likeness (QED) is 0.690. The van der Waals surface area contributed by atoms with E-state index in [0.29, 0.717) is 15.9 Å². The number of rotatable bonds is 3. The molecule has 0 aromatic carbocycles. The minimum atomic E-state index is 0.417. The highest BCUT2D eigenvalue weighted by atomic mass is 35.5. The van der Waals surface area contributed by atoms with Gasteiger partial charge >= 0.3 is 0 Å². The average Bonchev–Trinajstić information content (AvgIpc) is 2.38. The van der Waals surface area contributed by atoms with Gasteiger partial charge in [-0.05, 0) is 25.1 Å². The van der Waals surface area contributed by atoms with E-state index in [9.17, 15) is 0 Å². The van der Waals surface area contributed by atoms with Crippen molar-refractivity contribution < 1.29 is 0 Å². The van der Waals surface area contributed by atoms with E-state index in [1.807, 2.05) is 25.1 Å². The zero-order valence-electron chi connectivity index (χ0n) is 9.56. The van der Waals surface area contributed by atoms with Crippen LogP contribution in [0.1, 0.15) is 12.6 Å². The van der Waals surface area contributed by atoms with Crippen LogP contribution < -0.4 is 5.43 Å². The number of halogens is 2. The fourth-order valence-corrected chi connectivity index (χ4v) is 1.69. The second kappa shape index (κ2) is 5.80. The molecule has 2 aromatic rings. The maximum absolute atomic E-state index is 5.96. The Morgan fingerprint density at radius 3 is 2.78 bits per heavy atom. The molecule has 0 saturated carbocycles. The van der Waals surface area contributed by atoms with Crippen LogP contribution in [0.3, 0.4) is 0 Å². The first-order valence-corrected chi connectivity index (χ1v) is 5.95. The molecule has 1 N–H and O–H groups in total. The smallest absolute Gasteiger partial charge is 0.165 e. The van der Waals surface area contributed by atoms with Crippen molar-refractivity contribution in [3.05, 3.63) is 52.4 Å². The Hall–Kier alpha value is -1.65. The topological polar surface area (TPSA) is 50.2 Å². The Balaban J connectivity index is 2.15. The van der Waals surface area contributed by atoms with Crippen LogP contribution in [0.15, 0.2) is 41.8 Å². The van der Waals surface area contributed by atoms with Gasteiger partial charge in [-0.15, -0.1) is 0 Å². The van der Waals surface area contributed by atoms with Gasteiger partial charge in [-0.1, -0.05) is 29.3 Å². The molecule has 6 heteroatoms. The Labute approximate surface area is 115 Å². The molecule has 0 aliphatic carbocycles. The van der Waals surface area contributed by atoms with Crippen molar-refractivity contribution in [2.75, 3.05) is 5.43 Å². The van der Waals surface area contributed by atoms with E-state index in [1.54, 1.807) is 12.3 Å². The predicted octanol–water partition coefficient (Wildman–Crippen LogP) is 3.62. The molecule has 0 aliphatic heterocycles. The lowest BCUT2D eigenvalue weighted by Gasteiger charge is -2.04. The van der Waals surface area contributed by atoms with Gasteiger partial charge in [0.1, 0.15) is 0 Å². The highest BCUT2D eigenvalue weighted by molar-refractivity contribution is 6.35. The summed E-state index contributed by atoms with van der Waals surface area (Å²) >= 11 is 11.7. The summed E-state index contributed by atoms with van der Waals surface area (Å²) in [6.07, 6.45) is 3.21. The molecule has 0 atom stereocenters. The molecule has 2 heterocycles. The van der Waals surface area contributed by atoms with Crippen molar-refractivity contribution in [3.8, 4) is 0 Å². The number of nitrogens with zero attached hydrogens (tertiary/aromatic N) is 3. The van der Waals surface area contributed by atoms with E-state index >= 15 is 0 Å². The van der Waals surface area contributed by atoms with Gasteiger partial charge < -0.3 is 0 Å². The fraction of sp³-hybridized carbons (Fsp3) is 0.0833. The summed E-state index contributed by atoms with van der Waals surface area (Å²) in [5.74, 6) is 0.455. The van der Waals surface area contributed by atoms with E-state index in [4.69, 9.17) is 23.2 Å². The molecule has 92 valence electrons. The van der Waals surface area contributed by atoms with Crippen LogP contribution in [0.2, 0.25) is 10.0 Å². The minimum absolute atomic E-state index is 0.417. The molecule has 0 spiro atoms. The summed E-state index contributed by atoms with van der Waals surface area (Å²) in [6, 6.07) is 7.22. The van der Waals surface area contributed by atoms with Gasteiger partial charge in [-0.25, -0.2) is 4.98 Å². The second-order valence-corrected chi connectivity index (χ2v) is 4.35. The Morgan fingerprint density at radius 1 is 1.28 bits per heavy atom. The minimum Gasteiger partial charge on any atom is -0.260 e. The summed E-state index contributed by atoms with van der Waals surface area (Å²) in [4.78, 5) is 8.22. The largest absolute Gasteiger partial charge is 0.260 e. The lowest BCUT2D eigenvalue weighted by atomic mass is 10.3. The van der Waals surface area contributed by atoms with Gasteiger partial charge in [0, 0.05) is 12.4 Å². The van der Waals surface area contributed by atoms with Gasteiger partial charge in [-0.3, -0.25) is 10.4 Å². The SMILES string of the molecule is CC(=NNc1ncc(Cl)cc1Cl)c1ccccn1. The third kappa shape index (κ3) is 3.18. The summed E-state index contributed by atoms with van der Waals surface area (Å²) in [5, 5.41) is 5.07. The molecule has 18 heavy (non-hydrogen) atoms. The molecule has 0 aliphatic rings. The third-order valence-electron chi connectivity index (χ3n) is 2.17. The molecule has 4 nitrogen and oxygen atoms in total. The van der Waals surface area contributed by atoms with Crippen molar-refractivity contribution in [1.82, 2.24) is 9.97 Å². The van der Waals surface area contributed by atoms with E-state index in [0.717, 1.165) is 11.4 Å². The first-order valence-electron chi connectivity index (χ1n) is 5.19.